The van der Waals surface area contributed by atoms with Crippen LogP contribution in [0.4, 0.5) is 4.39 Å². The smallest absolute Gasteiger partial charge is 0.127 e. The minimum atomic E-state index is -0.177. The summed E-state index contributed by atoms with van der Waals surface area (Å²) in [5.41, 5.74) is 7.35. The van der Waals surface area contributed by atoms with Gasteiger partial charge >= 0.3 is 0 Å². The van der Waals surface area contributed by atoms with Crippen molar-refractivity contribution in [2.24, 2.45) is 17.1 Å². The number of halogens is 1. The van der Waals surface area contributed by atoms with Crippen LogP contribution in [0.5, 0.6) is 0 Å². The molecule has 2 rings (SSSR count). The minimum Gasteiger partial charge on any atom is -0.389 e. The van der Waals surface area contributed by atoms with Crippen LogP contribution in [0.2, 0.25) is 0 Å². The van der Waals surface area contributed by atoms with E-state index >= 15 is 0 Å². The molecule has 1 unspecified atom stereocenters. The monoisotopic (exact) mass is 294 g/mol. The normalized spacial score (nSPS) is 20.3. The van der Waals surface area contributed by atoms with Gasteiger partial charge in [-0.15, -0.1) is 0 Å². The SMILES string of the molecule is CC(C)(C)C1CCN(Cc2cc(C(N)=S)ccc2F)C1. The highest BCUT2D eigenvalue weighted by Gasteiger charge is 2.31. The molecule has 1 atom stereocenters. The van der Waals surface area contributed by atoms with E-state index in [2.05, 4.69) is 25.7 Å². The number of hydrogen-bond donors (Lipinski definition) is 1. The first-order valence-electron chi connectivity index (χ1n) is 7.08. The van der Waals surface area contributed by atoms with Crippen LogP contribution in [0.3, 0.4) is 0 Å². The topological polar surface area (TPSA) is 29.3 Å². The molecule has 0 bridgehead atoms. The lowest BCUT2D eigenvalue weighted by molar-refractivity contribution is 0.225. The molecule has 0 aliphatic carbocycles. The Morgan fingerprint density at radius 2 is 2.15 bits per heavy atom. The Balaban J connectivity index is 2.08. The van der Waals surface area contributed by atoms with Gasteiger partial charge in [0, 0.05) is 24.2 Å². The molecule has 1 aromatic carbocycles. The molecule has 4 heteroatoms. The first-order valence-corrected chi connectivity index (χ1v) is 7.49. The first kappa shape index (κ1) is 15.4. The average Bonchev–Trinajstić information content (AvgIpc) is 2.80. The van der Waals surface area contributed by atoms with Crippen molar-refractivity contribution in [2.75, 3.05) is 13.1 Å². The van der Waals surface area contributed by atoms with Gasteiger partial charge in [-0.25, -0.2) is 4.39 Å². The molecule has 2 nitrogen and oxygen atoms in total. The maximum absolute atomic E-state index is 13.9. The van der Waals surface area contributed by atoms with E-state index in [1.54, 1.807) is 12.1 Å². The maximum Gasteiger partial charge on any atom is 0.127 e. The number of rotatable bonds is 3. The van der Waals surface area contributed by atoms with Crippen LogP contribution in [-0.2, 0) is 6.54 Å². The Bertz CT molecular complexity index is 508. The van der Waals surface area contributed by atoms with Crippen LogP contribution < -0.4 is 5.73 Å². The third kappa shape index (κ3) is 3.55. The maximum atomic E-state index is 13.9. The Hall–Kier alpha value is -1.00. The van der Waals surface area contributed by atoms with Crippen molar-refractivity contribution in [1.82, 2.24) is 4.90 Å². The van der Waals surface area contributed by atoms with Gasteiger partial charge in [0.25, 0.3) is 0 Å². The standard InChI is InChI=1S/C16H23FN2S/c1-16(2,3)13-6-7-19(10-13)9-12-8-11(15(18)20)4-5-14(12)17/h4-5,8,13H,6-7,9-10H2,1-3H3,(H2,18,20). The van der Waals surface area contributed by atoms with Crippen LogP contribution in [-0.4, -0.2) is 23.0 Å². The summed E-state index contributed by atoms with van der Waals surface area (Å²) >= 11 is 4.96. The fourth-order valence-electron chi connectivity index (χ4n) is 2.77. The number of benzene rings is 1. The van der Waals surface area contributed by atoms with E-state index < -0.39 is 0 Å². The zero-order valence-corrected chi connectivity index (χ0v) is 13.3. The molecule has 1 aromatic rings. The molecule has 1 aliphatic rings. The predicted octanol–water partition coefficient (Wildman–Crippen LogP) is 3.33. The first-order chi connectivity index (χ1) is 9.27. The number of thiocarbonyl (C=S) groups is 1. The van der Waals surface area contributed by atoms with Crippen molar-refractivity contribution in [1.29, 1.82) is 0 Å². The van der Waals surface area contributed by atoms with E-state index in [-0.39, 0.29) is 5.82 Å². The highest BCUT2D eigenvalue weighted by atomic mass is 32.1. The summed E-state index contributed by atoms with van der Waals surface area (Å²) in [5, 5.41) is 0. The largest absolute Gasteiger partial charge is 0.389 e. The van der Waals surface area contributed by atoms with E-state index in [0.29, 0.717) is 28.4 Å². The van der Waals surface area contributed by atoms with Gasteiger partial charge < -0.3 is 5.73 Å². The molecule has 1 heterocycles. The second kappa shape index (κ2) is 5.78. The van der Waals surface area contributed by atoms with Crippen LogP contribution in [0.15, 0.2) is 18.2 Å². The van der Waals surface area contributed by atoms with Crippen LogP contribution in [0.25, 0.3) is 0 Å². The molecule has 1 fully saturated rings. The molecule has 20 heavy (non-hydrogen) atoms. The van der Waals surface area contributed by atoms with Crippen LogP contribution >= 0.6 is 12.2 Å². The number of likely N-dealkylation sites (tertiary alicyclic amines) is 1. The lowest BCUT2D eigenvalue weighted by Gasteiger charge is -2.27. The van der Waals surface area contributed by atoms with Crippen molar-refractivity contribution >= 4 is 17.2 Å². The summed E-state index contributed by atoms with van der Waals surface area (Å²) in [4.78, 5) is 2.64. The zero-order chi connectivity index (χ0) is 14.9. The van der Waals surface area contributed by atoms with Crippen molar-refractivity contribution in [3.05, 3.63) is 35.1 Å². The van der Waals surface area contributed by atoms with Crippen LogP contribution in [0.1, 0.15) is 38.3 Å². The quantitative estimate of drug-likeness (QED) is 0.867. The molecular weight excluding hydrogens is 271 g/mol. The van der Waals surface area contributed by atoms with Gasteiger partial charge in [-0.1, -0.05) is 33.0 Å². The van der Waals surface area contributed by atoms with Gasteiger partial charge in [-0.2, -0.15) is 0 Å². The van der Waals surface area contributed by atoms with E-state index in [1.807, 2.05) is 0 Å². The molecule has 0 amide bonds. The molecule has 0 spiro atoms. The van der Waals surface area contributed by atoms with Gasteiger partial charge in [0.2, 0.25) is 0 Å². The van der Waals surface area contributed by atoms with Gasteiger partial charge in [-0.05, 0) is 42.5 Å². The third-order valence-electron chi connectivity index (χ3n) is 4.22. The van der Waals surface area contributed by atoms with Crippen molar-refractivity contribution < 1.29 is 4.39 Å². The molecule has 0 radical (unpaired) electrons. The van der Waals surface area contributed by atoms with Crippen molar-refractivity contribution in [3.8, 4) is 0 Å². The van der Waals surface area contributed by atoms with Crippen molar-refractivity contribution in [3.63, 3.8) is 0 Å². The lowest BCUT2D eigenvalue weighted by Crippen LogP contribution is -2.26. The zero-order valence-electron chi connectivity index (χ0n) is 12.4. The van der Waals surface area contributed by atoms with E-state index in [1.165, 1.54) is 12.5 Å². The Kier molecular flexibility index (Phi) is 4.45. The summed E-state index contributed by atoms with van der Waals surface area (Å²) in [5.74, 6) is 0.494. The summed E-state index contributed by atoms with van der Waals surface area (Å²) in [7, 11) is 0. The summed E-state index contributed by atoms with van der Waals surface area (Å²) in [6.07, 6.45) is 1.18. The summed E-state index contributed by atoms with van der Waals surface area (Å²) < 4.78 is 13.9. The number of hydrogen-bond acceptors (Lipinski definition) is 2. The van der Waals surface area contributed by atoms with Gasteiger partial charge in [0.1, 0.15) is 10.8 Å². The molecule has 1 saturated heterocycles. The third-order valence-corrected chi connectivity index (χ3v) is 4.46. The fourth-order valence-corrected chi connectivity index (χ4v) is 2.90. The molecule has 0 saturated carbocycles. The molecule has 0 aromatic heterocycles. The summed E-state index contributed by atoms with van der Waals surface area (Å²) in [6, 6.07) is 4.88. The van der Waals surface area contributed by atoms with Gasteiger partial charge in [0.05, 0.1) is 0 Å². The van der Waals surface area contributed by atoms with Gasteiger partial charge in [-0.3, -0.25) is 4.90 Å². The van der Waals surface area contributed by atoms with E-state index in [9.17, 15) is 4.39 Å². The second-order valence-electron chi connectivity index (χ2n) is 6.76. The molecule has 110 valence electrons. The Morgan fingerprint density at radius 3 is 2.70 bits per heavy atom. The fraction of sp³-hybridized carbons (Fsp3) is 0.562. The highest BCUT2D eigenvalue weighted by Crippen LogP contribution is 2.34. The Labute approximate surface area is 126 Å². The predicted molar refractivity (Wildman–Crippen MR) is 85.1 cm³/mol. The van der Waals surface area contributed by atoms with E-state index in [4.69, 9.17) is 18.0 Å². The minimum absolute atomic E-state index is 0.177. The highest BCUT2D eigenvalue weighted by molar-refractivity contribution is 7.80. The summed E-state index contributed by atoms with van der Waals surface area (Å²) in [6.45, 7) is 9.51. The van der Waals surface area contributed by atoms with Crippen molar-refractivity contribution in [2.45, 2.75) is 33.7 Å². The second-order valence-corrected chi connectivity index (χ2v) is 7.20. The average molecular weight is 294 g/mol. The number of nitrogens with two attached hydrogens (primary N) is 1. The van der Waals surface area contributed by atoms with E-state index in [0.717, 1.165) is 18.7 Å². The molecule has 2 N–H and O–H groups in total. The molecular formula is C16H23FN2S. The van der Waals surface area contributed by atoms with Crippen LogP contribution in [0, 0.1) is 17.2 Å². The number of nitrogens with zero attached hydrogens (tertiary/aromatic N) is 1. The van der Waals surface area contributed by atoms with Gasteiger partial charge in [0.15, 0.2) is 0 Å². The molecule has 1 aliphatic heterocycles. The lowest BCUT2D eigenvalue weighted by atomic mass is 9.80. The Morgan fingerprint density at radius 1 is 1.45 bits per heavy atom.